The van der Waals surface area contributed by atoms with Crippen molar-refractivity contribution in [2.75, 3.05) is 6.54 Å². The van der Waals surface area contributed by atoms with Crippen LogP contribution < -0.4 is 0 Å². The molecule has 1 aliphatic heterocycles. The Bertz CT molecular complexity index is 1030. The molecular formula is C20H20N2O3S. The molecule has 5 nitrogen and oxygen atoms in total. The van der Waals surface area contributed by atoms with Gasteiger partial charge in [0, 0.05) is 18.7 Å². The van der Waals surface area contributed by atoms with Gasteiger partial charge in [-0.1, -0.05) is 41.6 Å². The van der Waals surface area contributed by atoms with Crippen molar-refractivity contribution >= 4 is 10.0 Å². The van der Waals surface area contributed by atoms with Crippen molar-refractivity contribution in [3.63, 3.8) is 0 Å². The fourth-order valence-electron chi connectivity index (χ4n) is 3.51. The molecule has 1 aliphatic rings. The smallest absolute Gasteiger partial charge is 0.243 e. The molecule has 0 unspecified atom stereocenters. The van der Waals surface area contributed by atoms with Crippen molar-refractivity contribution < 1.29 is 12.9 Å². The number of benzene rings is 2. The topological polar surface area (TPSA) is 63.4 Å². The summed E-state index contributed by atoms with van der Waals surface area (Å²) in [4.78, 5) is 0.312. The van der Waals surface area contributed by atoms with Crippen LogP contribution >= 0.6 is 0 Å². The molecule has 1 aromatic heterocycles. The van der Waals surface area contributed by atoms with Crippen LogP contribution in [0.5, 0.6) is 0 Å². The molecular weight excluding hydrogens is 348 g/mol. The van der Waals surface area contributed by atoms with Crippen molar-refractivity contribution in [3.05, 3.63) is 71.1 Å². The molecule has 6 heteroatoms. The molecule has 2 heterocycles. The highest BCUT2D eigenvalue weighted by molar-refractivity contribution is 7.89. The van der Waals surface area contributed by atoms with Crippen LogP contribution in [0.3, 0.4) is 0 Å². The number of hydrogen-bond acceptors (Lipinski definition) is 4. The number of aryl methyl sites for hydroxylation is 2. The van der Waals surface area contributed by atoms with E-state index in [-0.39, 0.29) is 0 Å². The lowest BCUT2D eigenvalue weighted by atomic mass is 10.0. The van der Waals surface area contributed by atoms with Gasteiger partial charge in [0.25, 0.3) is 0 Å². The summed E-state index contributed by atoms with van der Waals surface area (Å²) in [6.07, 6.45) is 0.743. The quantitative estimate of drug-likeness (QED) is 0.707. The van der Waals surface area contributed by atoms with Crippen molar-refractivity contribution in [1.82, 2.24) is 9.46 Å². The number of fused-ring (bicyclic) bond motifs is 1. The molecule has 0 atom stereocenters. The SMILES string of the molecule is Cc1noc(C)c1-c1ccc(S(=O)(=O)N2CCc3ccccc3C2)cc1. The van der Waals surface area contributed by atoms with Crippen LogP contribution in [0.2, 0.25) is 0 Å². The van der Waals surface area contributed by atoms with E-state index in [0.29, 0.717) is 18.0 Å². The van der Waals surface area contributed by atoms with Gasteiger partial charge < -0.3 is 4.52 Å². The van der Waals surface area contributed by atoms with Gasteiger partial charge in [-0.05, 0) is 49.1 Å². The number of sulfonamides is 1. The van der Waals surface area contributed by atoms with E-state index in [9.17, 15) is 8.42 Å². The summed E-state index contributed by atoms with van der Waals surface area (Å²) in [5, 5.41) is 3.96. The summed E-state index contributed by atoms with van der Waals surface area (Å²) in [7, 11) is -3.52. The average Bonchev–Trinajstić information content (AvgIpc) is 3.00. The molecule has 26 heavy (non-hydrogen) atoms. The van der Waals surface area contributed by atoms with E-state index in [4.69, 9.17) is 4.52 Å². The maximum Gasteiger partial charge on any atom is 0.243 e. The molecule has 0 aliphatic carbocycles. The second-order valence-electron chi connectivity index (χ2n) is 6.58. The highest BCUT2D eigenvalue weighted by Crippen LogP contribution is 2.29. The van der Waals surface area contributed by atoms with Gasteiger partial charge in [0.2, 0.25) is 10.0 Å². The Morgan fingerprint density at radius 2 is 1.69 bits per heavy atom. The predicted molar refractivity (Wildman–Crippen MR) is 99.2 cm³/mol. The summed E-state index contributed by atoms with van der Waals surface area (Å²) < 4.78 is 32.8. The molecule has 134 valence electrons. The van der Waals surface area contributed by atoms with Crippen molar-refractivity contribution in [1.29, 1.82) is 0 Å². The zero-order chi connectivity index (χ0) is 18.3. The predicted octanol–water partition coefficient (Wildman–Crippen LogP) is 3.71. The first-order valence-corrected chi connectivity index (χ1v) is 10.0. The number of aromatic nitrogens is 1. The molecule has 0 N–H and O–H groups in total. The van der Waals surface area contributed by atoms with Crippen LogP contribution in [0, 0.1) is 13.8 Å². The highest BCUT2D eigenvalue weighted by atomic mass is 32.2. The van der Waals surface area contributed by atoms with Crippen LogP contribution in [0.25, 0.3) is 11.1 Å². The van der Waals surface area contributed by atoms with Gasteiger partial charge in [0.05, 0.1) is 10.6 Å². The minimum atomic E-state index is -3.52. The Morgan fingerprint density at radius 1 is 1.00 bits per heavy atom. The lowest BCUT2D eigenvalue weighted by molar-refractivity contribution is 0.391. The van der Waals surface area contributed by atoms with E-state index in [0.717, 1.165) is 34.6 Å². The van der Waals surface area contributed by atoms with E-state index in [2.05, 4.69) is 11.2 Å². The Kier molecular flexibility index (Phi) is 4.17. The maximum atomic E-state index is 13.0. The fourth-order valence-corrected chi connectivity index (χ4v) is 4.93. The molecule has 0 amide bonds. The molecule has 0 radical (unpaired) electrons. The van der Waals surface area contributed by atoms with Crippen LogP contribution in [0.1, 0.15) is 22.6 Å². The van der Waals surface area contributed by atoms with Crippen LogP contribution in [-0.2, 0) is 23.0 Å². The van der Waals surface area contributed by atoms with E-state index in [1.165, 1.54) is 5.56 Å². The number of hydrogen-bond donors (Lipinski definition) is 0. The van der Waals surface area contributed by atoms with Crippen molar-refractivity contribution in [3.8, 4) is 11.1 Å². The number of rotatable bonds is 3. The lowest BCUT2D eigenvalue weighted by Gasteiger charge is -2.28. The Morgan fingerprint density at radius 3 is 2.35 bits per heavy atom. The van der Waals surface area contributed by atoms with E-state index < -0.39 is 10.0 Å². The van der Waals surface area contributed by atoms with Gasteiger partial charge in [-0.3, -0.25) is 0 Å². The molecule has 0 fully saturated rings. The fraction of sp³-hybridized carbons (Fsp3) is 0.250. The third-order valence-corrected chi connectivity index (χ3v) is 6.77. The Balaban J connectivity index is 1.63. The van der Waals surface area contributed by atoms with Crippen molar-refractivity contribution in [2.45, 2.75) is 31.7 Å². The average molecular weight is 368 g/mol. The lowest BCUT2D eigenvalue weighted by Crippen LogP contribution is -2.35. The summed E-state index contributed by atoms with van der Waals surface area (Å²) >= 11 is 0. The largest absolute Gasteiger partial charge is 0.361 e. The van der Waals surface area contributed by atoms with E-state index in [1.807, 2.05) is 44.2 Å². The van der Waals surface area contributed by atoms with Crippen molar-refractivity contribution in [2.24, 2.45) is 0 Å². The van der Waals surface area contributed by atoms with Gasteiger partial charge >= 0.3 is 0 Å². The van der Waals surface area contributed by atoms with Gasteiger partial charge in [-0.2, -0.15) is 4.31 Å². The van der Waals surface area contributed by atoms with Gasteiger partial charge in [-0.15, -0.1) is 0 Å². The second-order valence-corrected chi connectivity index (χ2v) is 8.52. The minimum absolute atomic E-state index is 0.312. The van der Waals surface area contributed by atoms with Crippen LogP contribution in [0.4, 0.5) is 0 Å². The summed E-state index contributed by atoms with van der Waals surface area (Å²) in [5.41, 5.74) is 4.93. The highest BCUT2D eigenvalue weighted by Gasteiger charge is 2.28. The second kappa shape index (κ2) is 6.37. The standard InChI is InChI=1S/C20H20N2O3S/c1-14-20(15(2)25-21-14)17-7-9-19(10-8-17)26(23,24)22-12-11-16-5-3-4-6-18(16)13-22/h3-10H,11-13H2,1-2H3. The molecule has 4 rings (SSSR count). The van der Waals surface area contributed by atoms with Crippen LogP contribution in [0.15, 0.2) is 57.9 Å². The molecule has 3 aromatic rings. The van der Waals surface area contributed by atoms with Gasteiger partial charge in [-0.25, -0.2) is 8.42 Å². The zero-order valence-corrected chi connectivity index (χ0v) is 15.6. The van der Waals surface area contributed by atoms with Gasteiger partial charge in [0.15, 0.2) is 0 Å². The first kappa shape index (κ1) is 17.0. The molecule has 0 bridgehead atoms. The molecule has 0 saturated carbocycles. The monoisotopic (exact) mass is 368 g/mol. The molecule has 2 aromatic carbocycles. The number of nitrogens with zero attached hydrogens (tertiary/aromatic N) is 2. The van der Waals surface area contributed by atoms with Crippen LogP contribution in [-0.4, -0.2) is 24.4 Å². The maximum absolute atomic E-state index is 13.0. The Hall–Kier alpha value is -2.44. The zero-order valence-electron chi connectivity index (χ0n) is 14.8. The third kappa shape index (κ3) is 2.85. The first-order chi connectivity index (χ1) is 12.5. The van der Waals surface area contributed by atoms with E-state index >= 15 is 0 Å². The summed E-state index contributed by atoms with van der Waals surface area (Å²) in [6, 6.07) is 15.0. The normalized spacial score (nSPS) is 15.0. The summed E-state index contributed by atoms with van der Waals surface area (Å²) in [5.74, 6) is 0.728. The first-order valence-electron chi connectivity index (χ1n) is 8.57. The van der Waals surface area contributed by atoms with Gasteiger partial charge in [0.1, 0.15) is 5.76 Å². The minimum Gasteiger partial charge on any atom is -0.361 e. The third-order valence-electron chi connectivity index (χ3n) is 4.91. The summed E-state index contributed by atoms with van der Waals surface area (Å²) in [6.45, 7) is 4.65. The molecule has 0 spiro atoms. The molecule has 0 saturated heterocycles. The van der Waals surface area contributed by atoms with E-state index in [1.54, 1.807) is 16.4 Å². The Labute approximate surface area is 153 Å².